The average Bonchev–Trinajstić information content (AvgIpc) is 3.15. The zero-order valence-corrected chi connectivity index (χ0v) is 12.2. The summed E-state index contributed by atoms with van der Waals surface area (Å²) in [6.07, 6.45) is -3.74. The minimum atomic E-state index is -4.80. The number of rotatable bonds is 3. The molecule has 1 aromatic carbocycles. The number of amides is 1. The number of nitrogens with zero attached hydrogens (tertiary/aromatic N) is 2. The number of esters is 1. The molecule has 2 aromatic rings. The highest BCUT2D eigenvalue weighted by Gasteiger charge is 2.41. The molecule has 0 aliphatic carbocycles. The first-order valence-electron chi connectivity index (χ1n) is 7.06. The Labute approximate surface area is 134 Å². The van der Waals surface area contributed by atoms with Gasteiger partial charge in [0, 0.05) is 6.42 Å². The van der Waals surface area contributed by atoms with Crippen LogP contribution in [0.3, 0.4) is 0 Å². The van der Waals surface area contributed by atoms with Crippen molar-refractivity contribution in [2.45, 2.75) is 18.6 Å². The minimum Gasteiger partial charge on any atom is -0.464 e. The van der Waals surface area contributed by atoms with E-state index in [1.807, 2.05) is 0 Å². The predicted molar refractivity (Wildman–Crippen MR) is 75.4 cm³/mol. The molecule has 1 aliphatic heterocycles. The number of hydrogen-bond donors (Lipinski definition) is 1. The molecule has 1 N–H and O–H groups in total. The second-order valence-electron chi connectivity index (χ2n) is 5.13. The molecule has 9 heteroatoms. The molecule has 126 valence electrons. The molecule has 6 nitrogen and oxygen atoms in total. The van der Waals surface area contributed by atoms with E-state index in [1.165, 1.54) is 12.1 Å². The lowest BCUT2D eigenvalue weighted by Gasteiger charge is -2.13. The van der Waals surface area contributed by atoms with Gasteiger partial charge in [-0.25, -0.2) is 9.48 Å². The smallest absolute Gasteiger partial charge is 0.434 e. The number of carbonyl (C=O) groups is 2. The second-order valence-corrected chi connectivity index (χ2v) is 5.13. The summed E-state index contributed by atoms with van der Waals surface area (Å²) in [5, 5.41) is 5.94. The monoisotopic (exact) mass is 339 g/mol. The minimum absolute atomic E-state index is 0.124. The zero-order chi connectivity index (χ0) is 17.3. The third kappa shape index (κ3) is 2.97. The summed E-state index contributed by atoms with van der Waals surface area (Å²) in [7, 11) is 0. The molecule has 1 amide bonds. The van der Waals surface area contributed by atoms with Crippen LogP contribution in [0.15, 0.2) is 36.5 Å². The summed E-state index contributed by atoms with van der Waals surface area (Å²) in [5.74, 6) is -1.68. The zero-order valence-electron chi connectivity index (χ0n) is 12.2. The number of cyclic esters (lactones) is 1. The summed E-state index contributed by atoms with van der Waals surface area (Å²) in [4.78, 5) is 23.6. The van der Waals surface area contributed by atoms with Crippen molar-refractivity contribution in [1.29, 1.82) is 0 Å². The van der Waals surface area contributed by atoms with Gasteiger partial charge in [-0.1, -0.05) is 18.2 Å². The fraction of sp³-hybridized carbons (Fsp3) is 0.267. The summed E-state index contributed by atoms with van der Waals surface area (Å²) in [5.41, 5.74) is -1.67. The van der Waals surface area contributed by atoms with Gasteiger partial charge in [0.1, 0.15) is 6.04 Å². The van der Waals surface area contributed by atoms with Crippen LogP contribution >= 0.6 is 0 Å². The van der Waals surface area contributed by atoms with Gasteiger partial charge in [-0.05, 0) is 12.1 Å². The van der Waals surface area contributed by atoms with E-state index < -0.39 is 35.4 Å². The molecule has 0 spiro atoms. The van der Waals surface area contributed by atoms with Gasteiger partial charge >= 0.3 is 12.1 Å². The molecule has 24 heavy (non-hydrogen) atoms. The number of alkyl halides is 3. The van der Waals surface area contributed by atoms with Gasteiger partial charge in [-0.3, -0.25) is 4.79 Å². The lowest BCUT2D eigenvalue weighted by atomic mass is 10.2. The standard InChI is InChI=1S/C15H12F3N3O3/c16-15(17,18)12-10(13(22)20-11-6-7-24-14(11)23)8-19-21(12)9-4-2-1-3-5-9/h1-5,8,11H,6-7H2,(H,20,22)/t11-/m0/s1. The van der Waals surface area contributed by atoms with Crippen LogP contribution in [-0.4, -0.2) is 34.3 Å². The molecule has 1 aromatic heterocycles. The number of carbonyl (C=O) groups excluding carboxylic acids is 2. The molecule has 1 aliphatic rings. The Kier molecular flexibility index (Phi) is 4.00. The number of hydrogen-bond acceptors (Lipinski definition) is 4. The van der Waals surface area contributed by atoms with E-state index in [-0.39, 0.29) is 18.7 Å². The maximum Gasteiger partial charge on any atom is 0.434 e. The van der Waals surface area contributed by atoms with Crippen molar-refractivity contribution in [3.8, 4) is 5.69 Å². The van der Waals surface area contributed by atoms with Crippen molar-refractivity contribution in [2.24, 2.45) is 0 Å². The number of para-hydroxylation sites is 1. The molecular formula is C15H12F3N3O3. The maximum absolute atomic E-state index is 13.4. The van der Waals surface area contributed by atoms with Crippen LogP contribution < -0.4 is 5.32 Å². The largest absolute Gasteiger partial charge is 0.464 e. The molecule has 3 rings (SSSR count). The van der Waals surface area contributed by atoms with Crippen molar-refractivity contribution in [3.63, 3.8) is 0 Å². The molecule has 0 unspecified atom stereocenters. The summed E-state index contributed by atoms with van der Waals surface area (Å²) >= 11 is 0. The summed E-state index contributed by atoms with van der Waals surface area (Å²) in [6.45, 7) is 0.124. The average molecular weight is 339 g/mol. The Morgan fingerprint density at radius 2 is 2.00 bits per heavy atom. The molecule has 0 bridgehead atoms. The van der Waals surface area contributed by atoms with Gasteiger partial charge in [0.05, 0.1) is 24.1 Å². The van der Waals surface area contributed by atoms with Crippen molar-refractivity contribution in [3.05, 3.63) is 47.8 Å². The van der Waals surface area contributed by atoms with E-state index in [2.05, 4.69) is 15.2 Å². The lowest BCUT2D eigenvalue weighted by molar-refractivity contribution is -0.143. The van der Waals surface area contributed by atoms with E-state index in [0.29, 0.717) is 4.68 Å². The van der Waals surface area contributed by atoms with Crippen LogP contribution in [0.1, 0.15) is 22.5 Å². The molecule has 0 saturated carbocycles. The Morgan fingerprint density at radius 3 is 2.58 bits per heavy atom. The van der Waals surface area contributed by atoms with Crippen molar-refractivity contribution >= 4 is 11.9 Å². The number of ether oxygens (including phenoxy) is 1. The van der Waals surface area contributed by atoms with Gasteiger partial charge in [0.2, 0.25) is 0 Å². The first kappa shape index (κ1) is 16.0. The van der Waals surface area contributed by atoms with Crippen LogP contribution in [-0.2, 0) is 15.7 Å². The number of nitrogens with one attached hydrogen (secondary N) is 1. The molecular weight excluding hydrogens is 327 g/mol. The van der Waals surface area contributed by atoms with Crippen LogP contribution in [0.2, 0.25) is 0 Å². The Bertz CT molecular complexity index is 771. The van der Waals surface area contributed by atoms with Crippen LogP contribution in [0.4, 0.5) is 13.2 Å². The third-order valence-corrected chi connectivity index (χ3v) is 3.52. The molecule has 1 atom stereocenters. The van der Waals surface area contributed by atoms with E-state index in [0.717, 1.165) is 6.20 Å². The fourth-order valence-electron chi connectivity index (χ4n) is 2.42. The fourth-order valence-corrected chi connectivity index (χ4v) is 2.42. The SMILES string of the molecule is O=C(N[C@H]1CCOC1=O)c1cnn(-c2ccccc2)c1C(F)(F)F. The highest BCUT2D eigenvalue weighted by Crippen LogP contribution is 2.33. The van der Waals surface area contributed by atoms with Crippen molar-refractivity contribution in [2.75, 3.05) is 6.61 Å². The van der Waals surface area contributed by atoms with Gasteiger partial charge in [-0.15, -0.1) is 0 Å². The Balaban J connectivity index is 1.98. The van der Waals surface area contributed by atoms with E-state index in [1.54, 1.807) is 18.2 Å². The molecule has 2 heterocycles. The first-order chi connectivity index (χ1) is 11.4. The molecule has 0 radical (unpaired) electrons. The normalized spacial score (nSPS) is 17.6. The van der Waals surface area contributed by atoms with Crippen LogP contribution in [0.5, 0.6) is 0 Å². The second kappa shape index (κ2) is 5.99. The lowest BCUT2D eigenvalue weighted by Crippen LogP contribution is -2.38. The third-order valence-electron chi connectivity index (χ3n) is 3.52. The highest BCUT2D eigenvalue weighted by atomic mass is 19.4. The number of benzene rings is 1. The van der Waals surface area contributed by atoms with Crippen molar-refractivity contribution < 1.29 is 27.5 Å². The first-order valence-corrected chi connectivity index (χ1v) is 7.06. The molecule has 1 saturated heterocycles. The maximum atomic E-state index is 13.4. The van der Waals surface area contributed by atoms with E-state index >= 15 is 0 Å². The Morgan fingerprint density at radius 1 is 1.29 bits per heavy atom. The molecule has 1 fully saturated rings. The number of aromatic nitrogens is 2. The summed E-state index contributed by atoms with van der Waals surface area (Å²) in [6, 6.07) is 6.71. The van der Waals surface area contributed by atoms with Gasteiger partial charge < -0.3 is 10.1 Å². The quantitative estimate of drug-likeness (QED) is 0.868. The Hall–Kier alpha value is -2.84. The van der Waals surface area contributed by atoms with E-state index in [4.69, 9.17) is 0 Å². The van der Waals surface area contributed by atoms with Gasteiger partial charge in [0.25, 0.3) is 5.91 Å². The van der Waals surface area contributed by atoms with E-state index in [9.17, 15) is 22.8 Å². The van der Waals surface area contributed by atoms with Crippen molar-refractivity contribution in [1.82, 2.24) is 15.1 Å². The topological polar surface area (TPSA) is 73.2 Å². The predicted octanol–water partition coefficient (Wildman–Crippen LogP) is 1.94. The van der Waals surface area contributed by atoms with Gasteiger partial charge in [0.15, 0.2) is 5.69 Å². The number of halogens is 3. The van der Waals surface area contributed by atoms with Gasteiger partial charge in [-0.2, -0.15) is 18.3 Å². The highest BCUT2D eigenvalue weighted by molar-refractivity contribution is 5.98. The summed E-state index contributed by atoms with van der Waals surface area (Å²) < 4.78 is 45.7. The van der Waals surface area contributed by atoms with Crippen LogP contribution in [0.25, 0.3) is 5.69 Å². The van der Waals surface area contributed by atoms with Crippen LogP contribution in [0, 0.1) is 0 Å².